The second kappa shape index (κ2) is 7.29. The number of aromatic nitrogens is 1. The lowest BCUT2D eigenvalue weighted by molar-refractivity contribution is -0.384. The van der Waals surface area contributed by atoms with Crippen molar-refractivity contribution >= 4 is 23.0 Å². The summed E-state index contributed by atoms with van der Waals surface area (Å²) in [4.78, 5) is 17.5. The van der Waals surface area contributed by atoms with E-state index in [1.807, 2.05) is 24.3 Å². The topological polar surface area (TPSA) is 80.5 Å². The summed E-state index contributed by atoms with van der Waals surface area (Å²) in [6.07, 6.45) is 0. The van der Waals surface area contributed by atoms with Crippen LogP contribution in [0.4, 0.5) is 23.0 Å². The van der Waals surface area contributed by atoms with Gasteiger partial charge in [-0.3, -0.25) is 10.1 Å². The minimum absolute atomic E-state index is 0.0399. The highest BCUT2D eigenvalue weighted by Crippen LogP contribution is 2.30. The van der Waals surface area contributed by atoms with Crippen LogP contribution < -0.4 is 10.2 Å². The molecule has 138 valence electrons. The van der Waals surface area contributed by atoms with E-state index in [1.165, 1.54) is 11.6 Å². The van der Waals surface area contributed by atoms with Crippen LogP contribution in [0.25, 0.3) is 0 Å². The van der Waals surface area contributed by atoms with Crippen molar-refractivity contribution in [1.82, 2.24) is 4.98 Å². The van der Waals surface area contributed by atoms with Crippen molar-refractivity contribution in [3.05, 3.63) is 52.1 Å². The molecular weight excluding hydrogens is 332 g/mol. The number of pyridine rings is 1. The van der Waals surface area contributed by atoms with E-state index < -0.39 is 4.92 Å². The molecule has 0 atom stereocenters. The van der Waals surface area contributed by atoms with Gasteiger partial charge in [-0.05, 0) is 29.2 Å². The molecule has 0 spiro atoms. The van der Waals surface area contributed by atoms with E-state index in [0.717, 1.165) is 18.8 Å². The molecular formula is C19H24N4O3. The van der Waals surface area contributed by atoms with Crippen LogP contribution in [0, 0.1) is 10.1 Å². The van der Waals surface area contributed by atoms with Crippen LogP contribution >= 0.6 is 0 Å². The van der Waals surface area contributed by atoms with Gasteiger partial charge in [0.25, 0.3) is 0 Å². The fraction of sp³-hybridized carbons (Fsp3) is 0.421. The second-order valence-electron chi connectivity index (χ2n) is 7.35. The van der Waals surface area contributed by atoms with Gasteiger partial charge in [-0.1, -0.05) is 32.9 Å². The Balaban J connectivity index is 1.88. The molecule has 1 aliphatic rings. The van der Waals surface area contributed by atoms with Crippen LogP contribution in [0.3, 0.4) is 0 Å². The lowest BCUT2D eigenvalue weighted by atomic mass is 9.87. The Bertz CT molecular complexity index is 778. The molecule has 0 radical (unpaired) electrons. The normalized spacial score (nSPS) is 15.0. The largest absolute Gasteiger partial charge is 0.378 e. The average Bonchev–Trinajstić information content (AvgIpc) is 2.62. The Labute approximate surface area is 153 Å². The monoisotopic (exact) mass is 356 g/mol. The molecule has 0 aliphatic carbocycles. The number of morpholine rings is 1. The molecule has 7 nitrogen and oxygen atoms in total. The lowest BCUT2D eigenvalue weighted by Gasteiger charge is -2.28. The Morgan fingerprint density at radius 2 is 1.77 bits per heavy atom. The molecule has 1 aromatic heterocycles. The number of nitro groups is 1. The van der Waals surface area contributed by atoms with Gasteiger partial charge in [0.1, 0.15) is 5.82 Å². The number of nitrogens with one attached hydrogen (secondary N) is 1. The Morgan fingerprint density at radius 1 is 1.12 bits per heavy atom. The quantitative estimate of drug-likeness (QED) is 0.662. The zero-order valence-electron chi connectivity index (χ0n) is 15.4. The summed E-state index contributed by atoms with van der Waals surface area (Å²) in [5, 5.41) is 14.5. The number of ether oxygens (including phenoxy) is 1. The third-order valence-corrected chi connectivity index (χ3v) is 4.40. The number of benzene rings is 1. The molecule has 0 amide bonds. The summed E-state index contributed by atoms with van der Waals surface area (Å²) in [6, 6.07) is 11.1. The van der Waals surface area contributed by atoms with Gasteiger partial charge in [0.15, 0.2) is 0 Å². The van der Waals surface area contributed by atoms with Crippen molar-refractivity contribution in [3.8, 4) is 0 Å². The highest BCUT2D eigenvalue weighted by molar-refractivity contribution is 5.68. The molecule has 1 aromatic carbocycles. The zero-order chi connectivity index (χ0) is 18.7. The third kappa shape index (κ3) is 4.11. The summed E-state index contributed by atoms with van der Waals surface area (Å²) in [5.74, 6) is 0.968. The number of hydrogen-bond donors (Lipinski definition) is 1. The van der Waals surface area contributed by atoms with Crippen molar-refractivity contribution in [2.24, 2.45) is 0 Å². The van der Waals surface area contributed by atoms with Crippen LogP contribution in [0.1, 0.15) is 26.3 Å². The number of hydrogen-bond acceptors (Lipinski definition) is 6. The first kappa shape index (κ1) is 18.1. The van der Waals surface area contributed by atoms with Gasteiger partial charge >= 0.3 is 5.69 Å². The average molecular weight is 356 g/mol. The molecule has 0 unspecified atom stereocenters. The smallest absolute Gasteiger partial charge is 0.311 e. The number of anilines is 3. The third-order valence-electron chi connectivity index (χ3n) is 4.40. The van der Waals surface area contributed by atoms with E-state index in [0.29, 0.717) is 19.0 Å². The molecule has 26 heavy (non-hydrogen) atoms. The van der Waals surface area contributed by atoms with Gasteiger partial charge < -0.3 is 15.0 Å². The van der Waals surface area contributed by atoms with Crippen LogP contribution in [0.5, 0.6) is 0 Å². The van der Waals surface area contributed by atoms with Crippen LogP contribution in [0.2, 0.25) is 0 Å². The van der Waals surface area contributed by atoms with Crippen LogP contribution in [0.15, 0.2) is 36.4 Å². The molecule has 3 rings (SSSR count). The second-order valence-corrected chi connectivity index (χ2v) is 7.35. The van der Waals surface area contributed by atoms with Gasteiger partial charge in [-0.15, -0.1) is 0 Å². The fourth-order valence-electron chi connectivity index (χ4n) is 2.84. The molecule has 7 heteroatoms. The van der Waals surface area contributed by atoms with E-state index in [9.17, 15) is 10.1 Å². The summed E-state index contributed by atoms with van der Waals surface area (Å²) in [6.45, 7) is 9.16. The van der Waals surface area contributed by atoms with Crippen molar-refractivity contribution in [3.63, 3.8) is 0 Å². The van der Waals surface area contributed by atoms with Gasteiger partial charge in [0.05, 0.1) is 18.1 Å². The summed E-state index contributed by atoms with van der Waals surface area (Å²) < 4.78 is 5.35. The predicted octanol–water partition coefficient (Wildman–Crippen LogP) is 3.87. The maximum atomic E-state index is 11.4. The van der Waals surface area contributed by atoms with E-state index >= 15 is 0 Å². The summed E-state index contributed by atoms with van der Waals surface area (Å²) in [5.41, 5.74) is 1.99. The van der Waals surface area contributed by atoms with Gasteiger partial charge in [0, 0.05) is 24.8 Å². The van der Waals surface area contributed by atoms with Crippen LogP contribution in [-0.2, 0) is 10.2 Å². The highest BCUT2D eigenvalue weighted by atomic mass is 16.6. The van der Waals surface area contributed by atoms with E-state index in [-0.39, 0.29) is 16.9 Å². The minimum Gasteiger partial charge on any atom is -0.378 e. The lowest BCUT2D eigenvalue weighted by Crippen LogP contribution is -2.36. The van der Waals surface area contributed by atoms with Gasteiger partial charge in [0.2, 0.25) is 5.82 Å². The van der Waals surface area contributed by atoms with Gasteiger partial charge in [-0.2, -0.15) is 0 Å². The van der Waals surface area contributed by atoms with E-state index in [1.54, 1.807) is 6.07 Å². The minimum atomic E-state index is -0.415. The SMILES string of the molecule is CC(C)(C)c1ccc(Nc2nc(N3CCOCC3)ccc2[N+](=O)[O-])cc1. The fourth-order valence-corrected chi connectivity index (χ4v) is 2.84. The standard InChI is InChI=1S/C19H24N4O3/c1-19(2,3)14-4-6-15(7-5-14)20-18-16(23(24)25)8-9-17(21-18)22-10-12-26-13-11-22/h4-9H,10-13H2,1-3H3,(H,20,21). The molecule has 0 saturated carbocycles. The van der Waals surface area contributed by atoms with E-state index in [2.05, 4.69) is 36.0 Å². The Hall–Kier alpha value is -2.67. The molecule has 1 aliphatic heterocycles. The first-order valence-electron chi connectivity index (χ1n) is 8.70. The number of rotatable bonds is 4. The first-order chi connectivity index (χ1) is 12.3. The molecule has 2 aromatic rings. The molecule has 1 N–H and O–H groups in total. The summed E-state index contributed by atoms with van der Waals surface area (Å²) >= 11 is 0. The Morgan fingerprint density at radius 3 is 2.35 bits per heavy atom. The van der Waals surface area contributed by atoms with Crippen molar-refractivity contribution in [1.29, 1.82) is 0 Å². The van der Waals surface area contributed by atoms with Gasteiger partial charge in [-0.25, -0.2) is 4.98 Å². The molecule has 1 saturated heterocycles. The van der Waals surface area contributed by atoms with Crippen molar-refractivity contribution < 1.29 is 9.66 Å². The molecule has 2 heterocycles. The van der Waals surface area contributed by atoms with Crippen LogP contribution in [-0.4, -0.2) is 36.2 Å². The zero-order valence-corrected chi connectivity index (χ0v) is 15.4. The first-order valence-corrected chi connectivity index (χ1v) is 8.70. The predicted molar refractivity (Wildman–Crippen MR) is 102 cm³/mol. The Kier molecular flexibility index (Phi) is 5.08. The van der Waals surface area contributed by atoms with E-state index in [4.69, 9.17) is 4.74 Å². The maximum Gasteiger partial charge on any atom is 0.311 e. The molecule has 1 fully saturated rings. The molecule has 0 bridgehead atoms. The number of nitrogens with zero attached hydrogens (tertiary/aromatic N) is 3. The van der Waals surface area contributed by atoms with Crippen molar-refractivity contribution in [2.75, 3.05) is 36.5 Å². The highest BCUT2D eigenvalue weighted by Gasteiger charge is 2.20. The summed E-state index contributed by atoms with van der Waals surface area (Å²) in [7, 11) is 0. The maximum absolute atomic E-state index is 11.4. The van der Waals surface area contributed by atoms with Crippen molar-refractivity contribution in [2.45, 2.75) is 26.2 Å².